The Morgan fingerprint density at radius 2 is 1.82 bits per heavy atom. The van der Waals surface area contributed by atoms with E-state index in [1.165, 1.54) is 24.4 Å². The van der Waals surface area contributed by atoms with Gasteiger partial charge in [-0.1, -0.05) is 6.07 Å². The van der Waals surface area contributed by atoms with Gasteiger partial charge in [-0.3, -0.25) is 4.98 Å². The summed E-state index contributed by atoms with van der Waals surface area (Å²) in [4.78, 5) is 3.93. The second-order valence-electron chi connectivity index (χ2n) is 3.85. The second-order valence-corrected chi connectivity index (χ2v) is 3.85. The van der Waals surface area contributed by atoms with Crippen molar-refractivity contribution < 1.29 is 8.78 Å². The van der Waals surface area contributed by atoms with Gasteiger partial charge in [0.05, 0.1) is 6.04 Å². The van der Waals surface area contributed by atoms with E-state index in [0.717, 1.165) is 5.56 Å². The predicted molar refractivity (Wildman–Crippen MR) is 61.4 cm³/mol. The summed E-state index contributed by atoms with van der Waals surface area (Å²) in [5, 5.41) is 0. The predicted octanol–water partition coefficient (Wildman–Crippen LogP) is 2.72. The molecule has 4 heteroatoms. The molecule has 1 atom stereocenters. The van der Waals surface area contributed by atoms with Crippen molar-refractivity contribution in [2.75, 3.05) is 0 Å². The van der Waals surface area contributed by atoms with Gasteiger partial charge in [-0.25, -0.2) is 8.78 Å². The number of benzene rings is 1. The van der Waals surface area contributed by atoms with Gasteiger partial charge in [0.2, 0.25) is 0 Å². The zero-order chi connectivity index (χ0) is 12.4. The Morgan fingerprint density at radius 1 is 1.18 bits per heavy atom. The number of rotatable bonds is 2. The van der Waals surface area contributed by atoms with Crippen molar-refractivity contribution in [2.24, 2.45) is 5.73 Å². The number of nitrogens with two attached hydrogens (primary N) is 1. The van der Waals surface area contributed by atoms with Crippen LogP contribution in [0.4, 0.5) is 8.78 Å². The molecule has 0 spiro atoms. The second kappa shape index (κ2) is 4.59. The van der Waals surface area contributed by atoms with Crippen molar-refractivity contribution in [2.45, 2.75) is 13.0 Å². The molecule has 1 aromatic heterocycles. The van der Waals surface area contributed by atoms with Gasteiger partial charge in [-0.15, -0.1) is 0 Å². The van der Waals surface area contributed by atoms with Crippen LogP contribution in [0.5, 0.6) is 0 Å². The minimum absolute atomic E-state index is 0.122. The van der Waals surface area contributed by atoms with Crippen LogP contribution in [0.3, 0.4) is 0 Å². The number of halogens is 2. The van der Waals surface area contributed by atoms with E-state index in [1.54, 1.807) is 12.3 Å². The first-order chi connectivity index (χ1) is 8.11. The summed E-state index contributed by atoms with van der Waals surface area (Å²) in [7, 11) is 0. The molecule has 0 saturated heterocycles. The van der Waals surface area contributed by atoms with E-state index < -0.39 is 17.7 Å². The molecule has 88 valence electrons. The molecule has 0 saturated carbocycles. The Kier molecular flexibility index (Phi) is 3.15. The molecule has 1 heterocycles. The van der Waals surface area contributed by atoms with Gasteiger partial charge in [0.1, 0.15) is 11.6 Å². The number of nitrogens with zero attached hydrogens (tertiary/aromatic N) is 1. The molecule has 0 aliphatic heterocycles. The largest absolute Gasteiger partial charge is 0.320 e. The van der Waals surface area contributed by atoms with Gasteiger partial charge in [-0.05, 0) is 36.2 Å². The first kappa shape index (κ1) is 11.7. The fourth-order valence-electron chi connectivity index (χ4n) is 1.77. The van der Waals surface area contributed by atoms with E-state index in [-0.39, 0.29) is 5.56 Å². The van der Waals surface area contributed by atoms with Crippen LogP contribution in [-0.4, -0.2) is 4.98 Å². The van der Waals surface area contributed by atoms with Gasteiger partial charge < -0.3 is 5.73 Å². The number of aromatic nitrogens is 1. The maximum absolute atomic E-state index is 13.6. The minimum Gasteiger partial charge on any atom is -0.320 e. The highest BCUT2D eigenvalue weighted by Gasteiger charge is 2.19. The summed E-state index contributed by atoms with van der Waals surface area (Å²) in [5.41, 5.74) is 7.26. The summed E-state index contributed by atoms with van der Waals surface area (Å²) in [6.07, 6.45) is 3.15. The lowest BCUT2D eigenvalue weighted by Crippen LogP contribution is -2.17. The molecule has 2 aromatic rings. The van der Waals surface area contributed by atoms with Crippen LogP contribution in [0.1, 0.15) is 22.7 Å². The molecule has 0 bridgehead atoms. The lowest BCUT2D eigenvalue weighted by molar-refractivity contribution is 0.542. The molecular formula is C13H12F2N2. The Hall–Kier alpha value is -1.81. The van der Waals surface area contributed by atoms with Crippen molar-refractivity contribution in [1.82, 2.24) is 4.98 Å². The topological polar surface area (TPSA) is 38.9 Å². The van der Waals surface area contributed by atoms with Crippen molar-refractivity contribution in [3.8, 4) is 0 Å². The molecule has 0 aliphatic carbocycles. The van der Waals surface area contributed by atoms with Gasteiger partial charge in [0.15, 0.2) is 0 Å². The first-order valence-electron chi connectivity index (χ1n) is 5.21. The summed E-state index contributed by atoms with van der Waals surface area (Å²) in [5.74, 6) is -1.28. The van der Waals surface area contributed by atoms with Crippen LogP contribution < -0.4 is 5.73 Å². The number of hydrogen-bond donors (Lipinski definition) is 1. The third-order valence-electron chi connectivity index (χ3n) is 2.73. The maximum Gasteiger partial charge on any atom is 0.131 e. The zero-order valence-corrected chi connectivity index (χ0v) is 9.32. The monoisotopic (exact) mass is 234 g/mol. The number of hydrogen-bond acceptors (Lipinski definition) is 2. The third-order valence-corrected chi connectivity index (χ3v) is 2.73. The summed E-state index contributed by atoms with van der Waals surface area (Å²) >= 11 is 0. The highest BCUT2D eigenvalue weighted by Crippen LogP contribution is 2.26. The van der Waals surface area contributed by atoms with Crippen molar-refractivity contribution >= 4 is 0 Å². The molecule has 17 heavy (non-hydrogen) atoms. The normalized spacial score (nSPS) is 12.5. The van der Waals surface area contributed by atoms with Crippen molar-refractivity contribution in [3.05, 3.63) is 65.0 Å². The molecule has 2 rings (SSSR count). The van der Waals surface area contributed by atoms with E-state index >= 15 is 0 Å². The number of pyridine rings is 1. The van der Waals surface area contributed by atoms with E-state index in [0.29, 0.717) is 5.56 Å². The lowest BCUT2D eigenvalue weighted by atomic mass is 9.97. The zero-order valence-electron chi connectivity index (χ0n) is 9.32. The summed E-state index contributed by atoms with van der Waals surface area (Å²) in [6, 6.07) is 4.63. The number of aryl methyl sites for hydroxylation is 1. The average molecular weight is 234 g/mol. The molecule has 0 amide bonds. The fourth-order valence-corrected chi connectivity index (χ4v) is 1.77. The molecule has 1 aromatic carbocycles. The van der Waals surface area contributed by atoms with E-state index in [1.807, 2.05) is 6.92 Å². The first-order valence-corrected chi connectivity index (χ1v) is 5.21. The van der Waals surface area contributed by atoms with Gasteiger partial charge >= 0.3 is 0 Å². The molecule has 2 N–H and O–H groups in total. The third kappa shape index (κ3) is 2.17. The van der Waals surface area contributed by atoms with Crippen LogP contribution in [-0.2, 0) is 0 Å². The van der Waals surface area contributed by atoms with Crippen LogP contribution in [0.25, 0.3) is 0 Å². The smallest absolute Gasteiger partial charge is 0.131 e. The van der Waals surface area contributed by atoms with E-state index in [2.05, 4.69) is 4.98 Å². The van der Waals surface area contributed by atoms with Gasteiger partial charge in [0.25, 0.3) is 0 Å². The van der Waals surface area contributed by atoms with Crippen molar-refractivity contribution in [3.63, 3.8) is 0 Å². The lowest BCUT2D eigenvalue weighted by Gasteiger charge is -2.15. The molecule has 0 aliphatic rings. The molecule has 1 unspecified atom stereocenters. The van der Waals surface area contributed by atoms with Crippen molar-refractivity contribution in [1.29, 1.82) is 0 Å². The van der Waals surface area contributed by atoms with E-state index in [4.69, 9.17) is 5.73 Å². The van der Waals surface area contributed by atoms with E-state index in [9.17, 15) is 8.78 Å². The Bertz CT molecular complexity index is 520. The molecular weight excluding hydrogens is 222 g/mol. The Morgan fingerprint density at radius 3 is 2.41 bits per heavy atom. The average Bonchev–Trinajstić information content (AvgIpc) is 2.29. The fraction of sp³-hybridized carbons (Fsp3) is 0.154. The minimum atomic E-state index is -0.843. The SMILES string of the molecule is Cc1ccncc1C(N)c1c(F)cccc1F. The Balaban J connectivity index is 2.51. The maximum atomic E-state index is 13.6. The highest BCUT2D eigenvalue weighted by atomic mass is 19.1. The van der Waals surface area contributed by atoms with Crippen LogP contribution >= 0.6 is 0 Å². The summed E-state index contributed by atoms with van der Waals surface area (Å²) in [6.45, 7) is 1.83. The van der Waals surface area contributed by atoms with Crippen LogP contribution in [0.2, 0.25) is 0 Å². The summed E-state index contributed by atoms with van der Waals surface area (Å²) < 4.78 is 27.2. The molecule has 0 radical (unpaired) electrons. The van der Waals surface area contributed by atoms with Crippen LogP contribution in [0.15, 0.2) is 36.7 Å². The van der Waals surface area contributed by atoms with Gasteiger partial charge in [-0.2, -0.15) is 0 Å². The van der Waals surface area contributed by atoms with Gasteiger partial charge in [0, 0.05) is 18.0 Å². The molecule has 0 fully saturated rings. The highest BCUT2D eigenvalue weighted by molar-refractivity contribution is 5.35. The Labute approximate surface area is 98.1 Å². The quantitative estimate of drug-likeness (QED) is 0.867. The van der Waals surface area contributed by atoms with Crippen LogP contribution in [0, 0.1) is 18.6 Å². The standard InChI is InChI=1S/C13H12F2N2/c1-8-5-6-17-7-9(8)13(16)12-10(14)3-2-4-11(12)15/h2-7,13H,16H2,1H3. The molecule has 2 nitrogen and oxygen atoms in total.